The summed E-state index contributed by atoms with van der Waals surface area (Å²) >= 11 is 0. The molecule has 0 aliphatic heterocycles. The minimum Gasteiger partial charge on any atom is -0.284 e. The van der Waals surface area contributed by atoms with Crippen LogP contribution in [0.5, 0.6) is 0 Å². The van der Waals surface area contributed by atoms with Crippen molar-refractivity contribution in [2.45, 2.75) is 12.8 Å². The van der Waals surface area contributed by atoms with Gasteiger partial charge in [-0.05, 0) is 29.7 Å². The minimum atomic E-state index is -3.37. The fourth-order valence-electron chi connectivity index (χ4n) is 1.91. The molecule has 0 aliphatic rings. The lowest BCUT2D eigenvalue weighted by Crippen LogP contribution is -2.18. The molecule has 0 radical (unpaired) electrons. The van der Waals surface area contributed by atoms with Gasteiger partial charge in [0.25, 0.3) is 0 Å². The van der Waals surface area contributed by atoms with Crippen LogP contribution in [0.3, 0.4) is 0 Å². The molecular weight excluding hydrogens is 284 g/mol. The molecule has 0 atom stereocenters. The summed E-state index contributed by atoms with van der Waals surface area (Å²) in [5.74, 6) is 0.0387. The summed E-state index contributed by atoms with van der Waals surface area (Å²) < 4.78 is 26.6. The van der Waals surface area contributed by atoms with Gasteiger partial charge in [-0.2, -0.15) is 5.26 Å². The maximum Gasteiger partial charge on any atom is 0.233 e. The quantitative estimate of drug-likeness (QED) is 0.891. The van der Waals surface area contributed by atoms with E-state index in [9.17, 15) is 8.42 Å². The molecule has 1 N–H and O–H groups in total. The van der Waals surface area contributed by atoms with Crippen LogP contribution in [-0.2, 0) is 22.9 Å². The van der Waals surface area contributed by atoms with Gasteiger partial charge in [-0.25, -0.2) is 8.42 Å². The Kier molecular flexibility index (Phi) is 4.96. The van der Waals surface area contributed by atoms with Crippen molar-refractivity contribution in [2.75, 3.05) is 10.5 Å². The van der Waals surface area contributed by atoms with Gasteiger partial charge in [0.15, 0.2) is 0 Å². The van der Waals surface area contributed by atoms with Gasteiger partial charge in [-0.3, -0.25) is 4.72 Å². The van der Waals surface area contributed by atoms with Gasteiger partial charge in [0.05, 0.1) is 18.2 Å². The molecule has 0 heterocycles. The Bertz CT molecular complexity index is 717. The maximum absolute atomic E-state index is 12.0. The second kappa shape index (κ2) is 6.91. The van der Waals surface area contributed by atoms with Crippen molar-refractivity contribution < 1.29 is 8.42 Å². The average Bonchev–Trinajstić information content (AvgIpc) is 2.48. The zero-order valence-electron chi connectivity index (χ0n) is 11.5. The first-order valence-electron chi connectivity index (χ1n) is 6.59. The smallest absolute Gasteiger partial charge is 0.233 e. The molecule has 0 saturated carbocycles. The number of nitriles is 1. The third-order valence-electron chi connectivity index (χ3n) is 3.01. The van der Waals surface area contributed by atoms with Gasteiger partial charge in [0, 0.05) is 5.69 Å². The van der Waals surface area contributed by atoms with Gasteiger partial charge >= 0.3 is 0 Å². The van der Waals surface area contributed by atoms with E-state index in [1.165, 1.54) is 0 Å². The van der Waals surface area contributed by atoms with Crippen LogP contribution in [0.15, 0.2) is 54.6 Å². The third-order valence-corrected chi connectivity index (χ3v) is 4.30. The fraction of sp³-hybridized carbons (Fsp3) is 0.188. The molecule has 0 amide bonds. The van der Waals surface area contributed by atoms with Crippen molar-refractivity contribution in [2.24, 2.45) is 0 Å². The van der Waals surface area contributed by atoms with Crippen LogP contribution in [0, 0.1) is 11.3 Å². The highest BCUT2D eigenvalue weighted by Gasteiger charge is 2.10. The van der Waals surface area contributed by atoms with Crippen molar-refractivity contribution in [3.05, 3.63) is 65.7 Å². The third kappa shape index (κ3) is 4.93. The maximum atomic E-state index is 12.0. The molecule has 2 aromatic rings. The summed E-state index contributed by atoms with van der Waals surface area (Å²) in [4.78, 5) is 0. The largest absolute Gasteiger partial charge is 0.284 e. The summed E-state index contributed by atoms with van der Waals surface area (Å²) in [7, 11) is -3.37. The number of sulfonamides is 1. The lowest BCUT2D eigenvalue weighted by molar-refractivity contribution is 0.600. The molecule has 108 valence electrons. The Balaban J connectivity index is 1.96. The predicted molar refractivity (Wildman–Crippen MR) is 83.3 cm³/mol. The van der Waals surface area contributed by atoms with E-state index in [2.05, 4.69) is 10.8 Å². The standard InChI is InChI=1S/C16H16N2O2S/c17-12-10-15-6-8-16(9-7-15)18-21(19,20)13-11-14-4-2-1-3-5-14/h1-9,18H,10-11,13H2. The normalized spacial score (nSPS) is 10.8. The van der Waals surface area contributed by atoms with E-state index in [1.807, 2.05) is 30.3 Å². The summed E-state index contributed by atoms with van der Waals surface area (Å²) in [5, 5.41) is 8.59. The topological polar surface area (TPSA) is 70.0 Å². The number of benzene rings is 2. The highest BCUT2D eigenvalue weighted by Crippen LogP contribution is 2.12. The Labute approximate surface area is 125 Å². The number of anilines is 1. The van der Waals surface area contributed by atoms with Gasteiger partial charge in [0.1, 0.15) is 0 Å². The van der Waals surface area contributed by atoms with E-state index >= 15 is 0 Å². The summed E-state index contributed by atoms with van der Waals surface area (Å²) in [6.45, 7) is 0. The molecule has 21 heavy (non-hydrogen) atoms. The van der Waals surface area contributed by atoms with E-state index in [-0.39, 0.29) is 5.75 Å². The second-order valence-electron chi connectivity index (χ2n) is 4.69. The van der Waals surface area contributed by atoms with Crippen molar-refractivity contribution in [1.82, 2.24) is 0 Å². The number of rotatable bonds is 6. The number of hydrogen-bond acceptors (Lipinski definition) is 3. The van der Waals surface area contributed by atoms with Gasteiger partial charge in [0.2, 0.25) is 10.0 Å². The molecular formula is C16H16N2O2S. The minimum absolute atomic E-state index is 0.0387. The monoisotopic (exact) mass is 300 g/mol. The van der Waals surface area contributed by atoms with Crippen molar-refractivity contribution in [3.63, 3.8) is 0 Å². The number of hydrogen-bond donors (Lipinski definition) is 1. The second-order valence-corrected chi connectivity index (χ2v) is 6.53. The Hall–Kier alpha value is -2.32. The molecule has 0 bridgehead atoms. The van der Waals surface area contributed by atoms with Crippen LogP contribution < -0.4 is 4.72 Å². The van der Waals surface area contributed by atoms with Gasteiger partial charge in [-0.15, -0.1) is 0 Å². The highest BCUT2D eigenvalue weighted by atomic mass is 32.2. The van der Waals surface area contributed by atoms with E-state index in [0.717, 1.165) is 11.1 Å². The first kappa shape index (κ1) is 15.1. The van der Waals surface area contributed by atoms with E-state index in [4.69, 9.17) is 5.26 Å². The SMILES string of the molecule is N#CCc1ccc(NS(=O)(=O)CCc2ccccc2)cc1. The van der Waals surface area contributed by atoms with Crippen molar-refractivity contribution in [1.29, 1.82) is 5.26 Å². The molecule has 0 aliphatic carbocycles. The van der Waals surface area contributed by atoms with E-state index < -0.39 is 10.0 Å². The summed E-state index contributed by atoms with van der Waals surface area (Å²) in [6, 6.07) is 18.4. The fourth-order valence-corrected chi connectivity index (χ4v) is 3.01. The molecule has 0 fully saturated rings. The molecule has 0 saturated heterocycles. The Morgan fingerprint density at radius 2 is 1.62 bits per heavy atom. The van der Waals surface area contributed by atoms with Crippen LogP contribution in [-0.4, -0.2) is 14.2 Å². The number of aryl methyl sites for hydroxylation is 1. The van der Waals surface area contributed by atoms with Crippen molar-refractivity contribution >= 4 is 15.7 Å². The molecule has 5 heteroatoms. The van der Waals surface area contributed by atoms with Crippen LogP contribution >= 0.6 is 0 Å². The zero-order chi connectivity index (χ0) is 15.1. The molecule has 2 rings (SSSR count). The van der Waals surface area contributed by atoms with Crippen molar-refractivity contribution in [3.8, 4) is 6.07 Å². The van der Waals surface area contributed by atoms with E-state index in [0.29, 0.717) is 18.5 Å². The van der Waals surface area contributed by atoms with Crippen LogP contribution in [0.4, 0.5) is 5.69 Å². The summed E-state index contributed by atoms with van der Waals surface area (Å²) in [5.41, 5.74) is 2.38. The van der Waals surface area contributed by atoms with Crippen LogP contribution in [0.2, 0.25) is 0 Å². The Morgan fingerprint density at radius 1 is 0.952 bits per heavy atom. The van der Waals surface area contributed by atoms with Crippen LogP contribution in [0.1, 0.15) is 11.1 Å². The van der Waals surface area contributed by atoms with Gasteiger partial charge < -0.3 is 0 Å². The summed E-state index contributed by atoms with van der Waals surface area (Å²) in [6.07, 6.45) is 0.795. The van der Waals surface area contributed by atoms with E-state index in [1.54, 1.807) is 24.3 Å². The molecule has 4 nitrogen and oxygen atoms in total. The molecule has 0 spiro atoms. The average molecular weight is 300 g/mol. The first-order valence-corrected chi connectivity index (χ1v) is 8.24. The molecule has 0 aromatic heterocycles. The molecule has 2 aromatic carbocycles. The highest BCUT2D eigenvalue weighted by molar-refractivity contribution is 7.92. The lowest BCUT2D eigenvalue weighted by Gasteiger charge is -2.08. The molecule has 0 unspecified atom stereocenters. The zero-order valence-corrected chi connectivity index (χ0v) is 12.3. The number of nitrogens with one attached hydrogen (secondary N) is 1. The van der Waals surface area contributed by atoms with Crippen LogP contribution in [0.25, 0.3) is 0 Å². The predicted octanol–water partition coefficient (Wildman–Crippen LogP) is 2.74. The first-order chi connectivity index (χ1) is 10.1. The number of nitrogens with zero attached hydrogens (tertiary/aromatic N) is 1. The lowest BCUT2D eigenvalue weighted by atomic mass is 10.1. The Morgan fingerprint density at radius 3 is 2.24 bits per heavy atom. The van der Waals surface area contributed by atoms with Gasteiger partial charge in [-0.1, -0.05) is 42.5 Å².